The van der Waals surface area contributed by atoms with Gasteiger partial charge in [0.25, 0.3) is 0 Å². The number of imidazole rings is 1. The van der Waals surface area contributed by atoms with Crippen LogP contribution in [0.1, 0.15) is 22.8 Å². The van der Waals surface area contributed by atoms with Crippen LogP contribution in [0.5, 0.6) is 0 Å². The molecule has 0 radical (unpaired) electrons. The Hall–Kier alpha value is -4.13. The van der Waals surface area contributed by atoms with E-state index in [9.17, 15) is 9.59 Å². The van der Waals surface area contributed by atoms with Crippen molar-refractivity contribution in [2.45, 2.75) is 13.8 Å². The molecule has 2 N–H and O–H groups in total. The number of benzene rings is 3. The van der Waals surface area contributed by atoms with Crippen LogP contribution in [0.4, 0.5) is 16.2 Å². The van der Waals surface area contributed by atoms with E-state index in [0.717, 1.165) is 22.5 Å². The molecule has 0 fully saturated rings. The van der Waals surface area contributed by atoms with Gasteiger partial charge in [0.1, 0.15) is 6.33 Å². The van der Waals surface area contributed by atoms with Crippen molar-refractivity contribution < 1.29 is 14.3 Å². The van der Waals surface area contributed by atoms with E-state index in [1.54, 1.807) is 25.4 Å². The highest BCUT2D eigenvalue weighted by Crippen LogP contribution is 2.21. The molecule has 0 saturated heterocycles. The van der Waals surface area contributed by atoms with Crippen molar-refractivity contribution in [2.75, 3.05) is 17.2 Å². The molecular weight excluding hydrogens is 392 g/mol. The predicted octanol–water partition coefficient (Wildman–Crippen LogP) is 5.15. The first-order valence-corrected chi connectivity index (χ1v) is 9.93. The maximum absolute atomic E-state index is 12.2. The monoisotopic (exact) mass is 414 g/mol. The minimum Gasteiger partial charge on any atom is -0.462 e. The van der Waals surface area contributed by atoms with Crippen LogP contribution in [-0.2, 0) is 4.74 Å². The lowest BCUT2D eigenvalue weighted by atomic mass is 10.2. The van der Waals surface area contributed by atoms with Crippen molar-refractivity contribution in [3.63, 3.8) is 0 Å². The number of aromatic nitrogens is 2. The molecule has 156 valence electrons. The van der Waals surface area contributed by atoms with Crippen LogP contribution in [0.3, 0.4) is 0 Å². The fourth-order valence-corrected chi connectivity index (χ4v) is 3.28. The molecule has 0 aliphatic rings. The Bertz CT molecular complexity index is 1250. The second kappa shape index (κ2) is 8.71. The smallest absolute Gasteiger partial charge is 0.338 e. The molecule has 7 nitrogen and oxygen atoms in total. The van der Waals surface area contributed by atoms with E-state index in [2.05, 4.69) is 15.6 Å². The molecule has 4 rings (SSSR count). The molecule has 0 saturated carbocycles. The number of nitrogens with one attached hydrogen (secondary N) is 2. The largest absolute Gasteiger partial charge is 0.462 e. The van der Waals surface area contributed by atoms with Gasteiger partial charge in [-0.15, -0.1) is 0 Å². The van der Waals surface area contributed by atoms with E-state index < -0.39 is 0 Å². The van der Waals surface area contributed by atoms with Crippen molar-refractivity contribution in [1.29, 1.82) is 0 Å². The number of hydrogen-bond acceptors (Lipinski definition) is 4. The molecule has 0 unspecified atom stereocenters. The number of hydrogen-bond donors (Lipinski definition) is 2. The second-order valence-electron chi connectivity index (χ2n) is 7.03. The Balaban J connectivity index is 1.48. The summed E-state index contributed by atoms with van der Waals surface area (Å²) < 4.78 is 6.96. The summed E-state index contributed by atoms with van der Waals surface area (Å²) in [6.45, 7) is 4.07. The summed E-state index contributed by atoms with van der Waals surface area (Å²) in [5, 5.41) is 5.64. The van der Waals surface area contributed by atoms with E-state index >= 15 is 0 Å². The highest BCUT2D eigenvalue weighted by atomic mass is 16.5. The van der Waals surface area contributed by atoms with E-state index in [1.807, 2.05) is 66.1 Å². The van der Waals surface area contributed by atoms with Crippen LogP contribution in [0.15, 0.2) is 73.1 Å². The third-order valence-corrected chi connectivity index (χ3v) is 4.74. The van der Waals surface area contributed by atoms with Gasteiger partial charge in [0.15, 0.2) is 0 Å². The zero-order valence-electron chi connectivity index (χ0n) is 17.3. The maximum Gasteiger partial charge on any atom is 0.338 e. The minimum atomic E-state index is -0.363. The SMILES string of the molecule is CCOC(=O)c1ccc2c(c1)ncn2-c1ccc(NC(=O)Nc2cccc(C)c2)cc1. The Kier molecular flexibility index (Phi) is 5.66. The molecule has 31 heavy (non-hydrogen) atoms. The number of carbonyl (C=O) groups is 2. The van der Waals surface area contributed by atoms with Crippen LogP contribution in [0.25, 0.3) is 16.7 Å². The third-order valence-electron chi connectivity index (χ3n) is 4.74. The maximum atomic E-state index is 12.2. The van der Waals surface area contributed by atoms with Crippen LogP contribution in [0, 0.1) is 6.92 Å². The summed E-state index contributed by atoms with van der Waals surface area (Å²) in [6, 6.07) is 20.0. The normalized spacial score (nSPS) is 10.6. The van der Waals surface area contributed by atoms with Gasteiger partial charge >= 0.3 is 12.0 Å². The van der Waals surface area contributed by atoms with Crippen LogP contribution >= 0.6 is 0 Å². The summed E-state index contributed by atoms with van der Waals surface area (Å²) in [4.78, 5) is 28.6. The number of fused-ring (bicyclic) bond motifs is 1. The van der Waals surface area contributed by atoms with Crippen LogP contribution in [0.2, 0.25) is 0 Å². The number of amides is 2. The molecule has 4 aromatic rings. The third kappa shape index (κ3) is 4.56. The average Bonchev–Trinajstić information content (AvgIpc) is 3.17. The lowest BCUT2D eigenvalue weighted by molar-refractivity contribution is 0.0526. The quantitative estimate of drug-likeness (QED) is 0.442. The van der Waals surface area contributed by atoms with Crippen molar-refractivity contribution in [3.05, 3.63) is 84.2 Å². The van der Waals surface area contributed by atoms with Gasteiger partial charge in [-0.1, -0.05) is 12.1 Å². The Morgan fingerprint density at radius 2 is 1.74 bits per heavy atom. The van der Waals surface area contributed by atoms with Gasteiger partial charge in [-0.2, -0.15) is 0 Å². The summed E-state index contributed by atoms with van der Waals surface area (Å²) in [5.74, 6) is -0.363. The highest BCUT2D eigenvalue weighted by molar-refractivity contribution is 5.99. The fourth-order valence-electron chi connectivity index (χ4n) is 3.28. The number of esters is 1. The summed E-state index contributed by atoms with van der Waals surface area (Å²) in [6.07, 6.45) is 1.70. The topological polar surface area (TPSA) is 85.2 Å². The van der Waals surface area contributed by atoms with Gasteiger partial charge in [-0.25, -0.2) is 14.6 Å². The Morgan fingerprint density at radius 1 is 0.968 bits per heavy atom. The van der Waals surface area contributed by atoms with Crippen molar-refractivity contribution in [3.8, 4) is 5.69 Å². The summed E-state index contributed by atoms with van der Waals surface area (Å²) >= 11 is 0. The van der Waals surface area contributed by atoms with E-state index in [0.29, 0.717) is 23.4 Å². The molecule has 1 aromatic heterocycles. The molecule has 2 amide bonds. The lowest BCUT2D eigenvalue weighted by Gasteiger charge is -2.10. The van der Waals surface area contributed by atoms with Crippen molar-refractivity contribution >= 4 is 34.4 Å². The first-order valence-electron chi connectivity index (χ1n) is 9.93. The fraction of sp³-hybridized carbons (Fsp3) is 0.125. The minimum absolute atomic E-state index is 0.307. The molecule has 1 heterocycles. The molecule has 0 aliphatic carbocycles. The number of carbonyl (C=O) groups excluding carboxylic acids is 2. The van der Waals surface area contributed by atoms with Gasteiger partial charge in [-0.05, 0) is 74.0 Å². The Labute approximate surface area is 179 Å². The average molecular weight is 414 g/mol. The van der Waals surface area contributed by atoms with Crippen LogP contribution in [-0.4, -0.2) is 28.2 Å². The first-order chi connectivity index (χ1) is 15.0. The predicted molar refractivity (Wildman–Crippen MR) is 121 cm³/mol. The molecule has 0 spiro atoms. The molecule has 0 atom stereocenters. The number of rotatable bonds is 5. The zero-order valence-corrected chi connectivity index (χ0v) is 17.3. The molecule has 0 aliphatic heterocycles. The number of anilines is 2. The second-order valence-corrected chi connectivity index (χ2v) is 7.03. The first kappa shape index (κ1) is 20.2. The van der Waals surface area contributed by atoms with Gasteiger partial charge in [-0.3, -0.25) is 4.57 Å². The number of urea groups is 1. The molecule has 3 aromatic carbocycles. The van der Waals surface area contributed by atoms with Gasteiger partial charge in [0.2, 0.25) is 0 Å². The molecule has 0 bridgehead atoms. The van der Waals surface area contributed by atoms with Crippen LogP contribution < -0.4 is 10.6 Å². The summed E-state index contributed by atoms with van der Waals surface area (Å²) in [7, 11) is 0. The highest BCUT2D eigenvalue weighted by Gasteiger charge is 2.11. The van der Waals surface area contributed by atoms with Gasteiger partial charge in [0.05, 0.1) is 23.2 Å². The van der Waals surface area contributed by atoms with Crippen molar-refractivity contribution in [1.82, 2.24) is 9.55 Å². The summed E-state index contributed by atoms with van der Waals surface area (Å²) in [5.41, 5.74) is 5.40. The number of aryl methyl sites for hydroxylation is 1. The van der Waals surface area contributed by atoms with Gasteiger partial charge < -0.3 is 15.4 Å². The zero-order chi connectivity index (χ0) is 21.8. The molecular formula is C24H22N4O3. The number of nitrogens with zero attached hydrogens (tertiary/aromatic N) is 2. The van der Waals surface area contributed by atoms with E-state index in [4.69, 9.17) is 4.74 Å². The number of ether oxygens (including phenoxy) is 1. The molecule has 7 heteroatoms. The van der Waals surface area contributed by atoms with E-state index in [-0.39, 0.29) is 12.0 Å². The Morgan fingerprint density at radius 3 is 2.48 bits per heavy atom. The van der Waals surface area contributed by atoms with E-state index in [1.165, 1.54) is 0 Å². The standard InChI is InChI=1S/C24H22N4O3/c1-3-31-23(29)17-7-12-22-21(14-17)25-15-28(22)20-10-8-18(9-11-20)26-24(30)27-19-6-4-5-16(2)13-19/h4-15H,3H2,1-2H3,(H2,26,27,30). The lowest BCUT2D eigenvalue weighted by Crippen LogP contribution is -2.19. The van der Waals surface area contributed by atoms with Crippen molar-refractivity contribution in [2.24, 2.45) is 0 Å². The van der Waals surface area contributed by atoms with Gasteiger partial charge in [0, 0.05) is 17.1 Å².